The summed E-state index contributed by atoms with van der Waals surface area (Å²) in [5, 5.41) is 0. The second-order valence-corrected chi connectivity index (χ2v) is 6.76. The van der Waals surface area contributed by atoms with Crippen LogP contribution < -0.4 is 5.73 Å². The molecule has 0 aliphatic carbocycles. The number of carbonyl (C=O) groups excluding carboxylic acids is 1. The molecule has 114 valence electrons. The van der Waals surface area contributed by atoms with Crippen LogP contribution in [0.3, 0.4) is 0 Å². The molecule has 2 N–H and O–H groups in total. The van der Waals surface area contributed by atoms with E-state index in [2.05, 4.69) is 11.9 Å². The number of ketones is 1. The summed E-state index contributed by atoms with van der Waals surface area (Å²) in [5.41, 5.74) is 6.94. The summed E-state index contributed by atoms with van der Waals surface area (Å²) in [7, 11) is 2.24. The van der Waals surface area contributed by atoms with E-state index in [1.807, 2.05) is 30.3 Å². The van der Waals surface area contributed by atoms with Crippen molar-refractivity contribution in [3.8, 4) is 0 Å². The first-order valence-electron chi connectivity index (χ1n) is 8.18. The number of piperidine rings is 1. The summed E-state index contributed by atoms with van der Waals surface area (Å²) in [4.78, 5) is 15.2. The van der Waals surface area contributed by atoms with Crippen molar-refractivity contribution < 1.29 is 4.79 Å². The molecule has 2 bridgehead atoms. The van der Waals surface area contributed by atoms with Crippen LogP contribution in [0, 0.1) is 5.92 Å². The highest BCUT2D eigenvalue weighted by atomic mass is 16.1. The highest BCUT2D eigenvalue weighted by Gasteiger charge is 2.39. The summed E-state index contributed by atoms with van der Waals surface area (Å²) < 4.78 is 0. The molecule has 1 aromatic rings. The maximum Gasteiger partial charge on any atom is 0.141 e. The van der Waals surface area contributed by atoms with E-state index < -0.39 is 0 Å². The lowest BCUT2D eigenvalue weighted by molar-refractivity contribution is -0.121. The van der Waals surface area contributed by atoms with Crippen molar-refractivity contribution >= 4 is 5.78 Å². The molecule has 2 heterocycles. The lowest BCUT2D eigenvalue weighted by atomic mass is 9.83. The largest absolute Gasteiger partial charge is 0.329 e. The lowest BCUT2D eigenvalue weighted by Crippen LogP contribution is -2.40. The predicted molar refractivity (Wildman–Crippen MR) is 85.2 cm³/mol. The average Bonchev–Trinajstić information content (AvgIpc) is 2.72. The molecule has 2 unspecified atom stereocenters. The molecule has 2 fully saturated rings. The van der Waals surface area contributed by atoms with Gasteiger partial charge in [-0.15, -0.1) is 0 Å². The number of carbonyl (C=O) groups is 1. The molecule has 3 nitrogen and oxygen atoms in total. The lowest BCUT2D eigenvalue weighted by Gasteiger charge is -2.36. The van der Waals surface area contributed by atoms with E-state index in [1.165, 1.54) is 25.7 Å². The Morgan fingerprint density at radius 2 is 1.86 bits per heavy atom. The first-order chi connectivity index (χ1) is 10.2. The van der Waals surface area contributed by atoms with Crippen LogP contribution in [0.4, 0.5) is 0 Å². The van der Waals surface area contributed by atoms with Crippen LogP contribution >= 0.6 is 0 Å². The number of hydrogen-bond acceptors (Lipinski definition) is 3. The first kappa shape index (κ1) is 14.7. The molecule has 0 saturated carbocycles. The van der Waals surface area contributed by atoms with Crippen molar-refractivity contribution in [3.63, 3.8) is 0 Å². The van der Waals surface area contributed by atoms with Crippen LogP contribution in [0.5, 0.6) is 0 Å². The van der Waals surface area contributed by atoms with Gasteiger partial charge in [-0.05, 0) is 44.2 Å². The molecule has 2 aliphatic heterocycles. The molecule has 1 aromatic carbocycles. The van der Waals surface area contributed by atoms with Crippen molar-refractivity contribution in [1.82, 2.24) is 4.90 Å². The van der Waals surface area contributed by atoms with Crippen molar-refractivity contribution in [2.24, 2.45) is 11.7 Å². The summed E-state index contributed by atoms with van der Waals surface area (Å²) >= 11 is 0. The number of hydrogen-bond donors (Lipinski definition) is 1. The highest BCUT2D eigenvalue weighted by Crippen LogP contribution is 2.39. The molecule has 0 amide bonds. The van der Waals surface area contributed by atoms with Gasteiger partial charge >= 0.3 is 0 Å². The van der Waals surface area contributed by atoms with Gasteiger partial charge in [-0.1, -0.05) is 30.3 Å². The van der Waals surface area contributed by atoms with Crippen LogP contribution in [0.1, 0.15) is 43.6 Å². The third-order valence-electron chi connectivity index (χ3n) is 5.51. The minimum Gasteiger partial charge on any atom is -0.329 e. The van der Waals surface area contributed by atoms with Crippen LogP contribution in [-0.2, 0) is 4.79 Å². The molecule has 2 saturated heterocycles. The quantitative estimate of drug-likeness (QED) is 0.905. The normalized spacial score (nSPS) is 30.3. The molecule has 3 rings (SSSR count). The van der Waals surface area contributed by atoms with Crippen molar-refractivity contribution in [2.75, 3.05) is 13.6 Å². The van der Waals surface area contributed by atoms with Crippen molar-refractivity contribution in [2.45, 2.75) is 50.1 Å². The van der Waals surface area contributed by atoms with Gasteiger partial charge in [0.25, 0.3) is 0 Å². The van der Waals surface area contributed by atoms with Gasteiger partial charge in [-0.2, -0.15) is 0 Å². The number of Topliss-reactive ketones (excluding diaryl/α,β-unsaturated/α-hetero) is 1. The van der Waals surface area contributed by atoms with Gasteiger partial charge in [-0.3, -0.25) is 4.79 Å². The Labute approximate surface area is 127 Å². The highest BCUT2D eigenvalue weighted by molar-refractivity contribution is 5.86. The Morgan fingerprint density at radius 3 is 2.43 bits per heavy atom. The minimum absolute atomic E-state index is 0.122. The Bertz CT molecular complexity index is 473. The predicted octanol–water partition coefficient (Wildman–Crippen LogP) is 2.56. The summed E-state index contributed by atoms with van der Waals surface area (Å²) in [5.74, 6) is 0.769. The fourth-order valence-electron chi connectivity index (χ4n) is 4.26. The van der Waals surface area contributed by atoms with Gasteiger partial charge in [0, 0.05) is 25.0 Å². The van der Waals surface area contributed by atoms with E-state index in [0.29, 0.717) is 36.8 Å². The monoisotopic (exact) mass is 286 g/mol. The number of rotatable bonds is 5. The molecule has 0 aromatic heterocycles. The van der Waals surface area contributed by atoms with E-state index in [-0.39, 0.29) is 5.92 Å². The fraction of sp³-hybridized carbons (Fsp3) is 0.611. The molecule has 2 aliphatic rings. The third kappa shape index (κ3) is 3.04. The zero-order valence-electron chi connectivity index (χ0n) is 12.9. The average molecular weight is 286 g/mol. The van der Waals surface area contributed by atoms with Crippen molar-refractivity contribution in [3.05, 3.63) is 35.9 Å². The van der Waals surface area contributed by atoms with Gasteiger partial charge in [0.05, 0.1) is 5.92 Å². The van der Waals surface area contributed by atoms with Crippen molar-refractivity contribution in [1.29, 1.82) is 0 Å². The van der Waals surface area contributed by atoms with Crippen LogP contribution in [-0.4, -0.2) is 36.4 Å². The van der Waals surface area contributed by atoms with Gasteiger partial charge in [0.1, 0.15) is 5.78 Å². The van der Waals surface area contributed by atoms with E-state index in [9.17, 15) is 4.79 Å². The zero-order valence-corrected chi connectivity index (χ0v) is 12.9. The first-order valence-corrected chi connectivity index (χ1v) is 8.18. The second kappa shape index (κ2) is 6.29. The second-order valence-electron chi connectivity index (χ2n) is 6.76. The zero-order chi connectivity index (χ0) is 14.8. The number of nitrogens with zero attached hydrogens (tertiary/aromatic N) is 1. The Hall–Kier alpha value is -1.19. The SMILES string of the molecule is CN1[C@@H]2CC[C@H]1CC(CC(=O)C(CN)c1ccccc1)C2. The van der Waals surface area contributed by atoms with Crippen LogP contribution in [0.25, 0.3) is 0 Å². The topological polar surface area (TPSA) is 46.3 Å². The van der Waals surface area contributed by atoms with Gasteiger partial charge in [0.15, 0.2) is 0 Å². The van der Waals surface area contributed by atoms with E-state index in [0.717, 1.165) is 5.56 Å². The molecule has 0 spiro atoms. The maximum atomic E-state index is 12.7. The minimum atomic E-state index is -0.122. The Kier molecular flexibility index (Phi) is 4.41. The van der Waals surface area contributed by atoms with E-state index in [1.54, 1.807) is 0 Å². The maximum absolute atomic E-state index is 12.7. The molecular formula is C18H26N2O. The third-order valence-corrected chi connectivity index (χ3v) is 5.51. The van der Waals surface area contributed by atoms with Crippen LogP contribution in [0.15, 0.2) is 30.3 Å². The molecule has 21 heavy (non-hydrogen) atoms. The fourth-order valence-corrected chi connectivity index (χ4v) is 4.26. The smallest absolute Gasteiger partial charge is 0.141 e. The van der Waals surface area contributed by atoms with E-state index in [4.69, 9.17) is 5.73 Å². The molecule has 4 atom stereocenters. The summed E-state index contributed by atoms with van der Waals surface area (Å²) in [6.45, 7) is 0.419. The molecule has 3 heteroatoms. The summed E-state index contributed by atoms with van der Waals surface area (Å²) in [6.07, 6.45) is 5.70. The standard InChI is InChI=1S/C18H26N2O/c1-20-15-7-8-16(20)10-13(9-15)11-18(21)17(12-19)14-5-3-2-4-6-14/h2-6,13,15-17H,7-12,19H2,1H3/t13?,15-,16+,17?. The van der Waals surface area contributed by atoms with E-state index >= 15 is 0 Å². The van der Waals surface area contributed by atoms with Gasteiger partial charge < -0.3 is 10.6 Å². The van der Waals surface area contributed by atoms with Gasteiger partial charge in [-0.25, -0.2) is 0 Å². The Balaban J connectivity index is 1.63. The van der Waals surface area contributed by atoms with Crippen LogP contribution in [0.2, 0.25) is 0 Å². The number of benzene rings is 1. The number of nitrogens with two attached hydrogens (primary N) is 1. The Morgan fingerprint density at radius 1 is 1.24 bits per heavy atom. The molecule has 0 radical (unpaired) electrons. The van der Waals surface area contributed by atoms with Gasteiger partial charge in [0.2, 0.25) is 0 Å². The number of fused-ring (bicyclic) bond motifs is 2. The molecular weight excluding hydrogens is 260 g/mol. The summed E-state index contributed by atoms with van der Waals surface area (Å²) in [6, 6.07) is 11.4.